The summed E-state index contributed by atoms with van der Waals surface area (Å²) in [6, 6.07) is -2.63. The molecule has 0 aromatic heterocycles. The van der Waals surface area contributed by atoms with Crippen molar-refractivity contribution in [2.45, 2.75) is 46.2 Å². The zero-order valence-corrected chi connectivity index (χ0v) is 11.8. The average Bonchev–Trinajstić information content (AvgIpc) is 2.30. The molecule has 3 amide bonds. The Bertz CT molecular complexity index is 344. The van der Waals surface area contributed by atoms with Crippen LogP contribution in [0.2, 0.25) is 0 Å². The minimum atomic E-state index is -1.11. The molecule has 110 valence electrons. The third kappa shape index (κ3) is 5.58. The first-order chi connectivity index (χ1) is 8.70. The smallest absolute Gasteiger partial charge is 0.326 e. The molecule has 3 unspecified atom stereocenters. The predicted molar refractivity (Wildman–Crippen MR) is 70.4 cm³/mol. The fourth-order valence-electron chi connectivity index (χ4n) is 1.61. The molecule has 7 nitrogen and oxygen atoms in total. The van der Waals surface area contributed by atoms with E-state index in [4.69, 9.17) is 10.8 Å². The summed E-state index contributed by atoms with van der Waals surface area (Å²) < 4.78 is 0. The largest absolute Gasteiger partial charge is 0.480 e. The predicted octanol–water partition coefficient (Wildman–Crippen LogP) is 0.295. The number of rotatable bonds is 7. The highest BCUT2D eigenvalue weighted by Gasteiger charge is 2.30. The van der Waals surface area contributed by atoms with Gasteiger partial charge < -0.3 is 21.5 Å². The van der Waals surface area contributed by atoms with E-state index in [9.17, 15) is 14.4 Å². The van der Waals surface area contributed by atoms with Crippen molar-refractivity contribution in [3.05, 3.63) is 0 Å². The normalized spacial score (nSPS) is 15.4. The molecule has 19 heavy (non-hydrogen) atoms. The van der Waals surface area contributed by atoms with Crippen LogP contribution in [0.15, 0.2) is 0 Å². The molecule has 0 rings (SSSR count). The molecule has 0 saturated heterocycles. The van der Waals surface area contributed by atoms with Crippen molar-refractivity contribution in [2.75, 3.05) is 0 Å². The highest BCUT2D eigenvalue weighted by atomic mass is 16.4. The first kappa shape index (κ1) is 17.2. The minimum absolute atomic E-state index is 0.144. The Morgan fingerprint density at radius 3 is 1.95 bits per heavy atom. The molecule has 3 atom stereocenters. The standard InChI is InChI=1S/C12H23N3O4/c1-5-7(4)9(15-12(13)19)10(16)14-8(6(2)3)11(17)18/h6-9H,5H2,1-4H3,(H,14,16)(H,17,18)(H3,13,15,19). The first-order valence-electron chi connectivity index (χ1n) is 6.29. The Hall–Kier alpha value is -1.79. The fourth-order valence-corrected chi connectivity index (χ4v) is 1.61. The summed E-state index contributed by atoms with van der Waals surface area (Å²) in [4.78, 5) is 34.0. The van der Waals surface area contributed by atoms with E-state index in [-0.39, 0.29) is 11.8 Å². The van der Waals surface area contributed by atoms with Gasteiger partial charge in [0.25, 0.3) is 0 Å². The van der Waals surface area contributed by atoms with Crippen molar-refractivity contribution in [1.29, 1.82) is 0 Å². The van der Waals surface area contributed by atoms with Gasteiger partial charge in [0.1, 0.15) is 12.1 Å². The van der Waals surface area contributed by atoms with E-state index in [1.54, 1.807) is 20.8 Å². The lowest BCUT2D eigenvalue weighted by atomic mass is 9.97. The number of urea groups is 1. The Morgan fingerprint density at radius 1 is 1.11 bits per heavy atom. The Kier molecular flexibility index (Phi) is 6.89. The molecule has 0 bridgehead atoms. The van der Waals surface area contributed by atoms with Crippen LogP contribution in [-0.2, 0) is 9.59 Å². The summed E-state index contributed by atoms with van der Waals surface area (Å²) in [7, 11) is 0. The molecule has 0 aliphatic rings. The van der Waals surface area contributed by atoms with E-state index >= 15 is 0 Å². The van der Waals surface area contributed by atoms with Gasteiger partial charge >= 0.3 is 12.0 Å². The third-order valence-electron chi connectivity index (χ3n) is 3.02. The second-order valence-corrected chi connectivity index (χ2v) is 4.94. The molecule has 0 aliphatic carbocycles. The van der Waals surface area contributed by atoms with Gasteiger partial charge in [-0.25, -0.2) is 9.59 Å². The maximum Gasteiger partial charge on any atom is 0.326 e. The maximum absolute atomic E-state index is 12.1. The van der Waals surface area contributed by atoms with Crippen molar-refractivity contribution < 1.29 is 19.5 Å². The van der Waals surface area contributed by atoms with Gasteiger partial charge in [-0.3, -0.25) is 4.79 Å². The van der Waals surface area contributed by atoms with Crippen LogP contribution < -0.4 is 16.4 Å². The lowest BCUT2D eigenvalue weighted by molar-refractivity contribution is -0.143. The summed E-state index contributed by atoms with van der Waals surface area (Å²) in [5, 5.41) is 13.8. The van der Waals surface area contributed by atoms with E-state index in [2.05, 4.69) is 10.6 Å². The molecule has 0 radical (unpaired) electrons. The SMILES string of the molecule is CCC(C)C(NC(N)=O)C(=O)NC(C(=O)O)C(C)C. The van der Waals surface area contributed by atoms with Crippen LogP contribution in [0.1, 0.15) is 34.1 Å². The lowest BCUT2D eigenvalue weighted by Gasteiger charge is -2.25. The minimum Gasteiger partial charge on any atom is -0.480 e. The van der Waals surface area contributed by atoms with Crippen molar-refractivity contribution in [3.8, 4) is 0 Å². The van der Waals surface area contributed by atoms with E-state index in [1.165, 1.54) is 0 Å². The van der Waals surface area contributed by atoms with Crippen LogP contribution in [0.3, 0.4) is 0 Å². The molecule has 5 N–H and O–H groups in total. The number of carboxylic acids is 1. The van der Waals surface area contributed by atoms with Gasteiger partial charge in [0.2, 0.25) is 5.91 Å². The number of hydrogen-bond donors (Lipinski definition) is 4. The molecule has 0 fully saturated rings. The van der Waals surface area contributed by atoms with Crippen LogP contribution in [-0.4, -0.2) is 35.1 Å². The number of primary amides is 1. The molecular formula is C12H23N3O4. The van der Waals surface area contributed by atoms with Gasteiger partial charge in [-0.05, 0) is 11.8 Å². The van der Waals surface area contributed by atoms with Crippen LogP contribution >= 0.6 is 0 Å². The van der Waals surface area contributed by atoms with Gasteiger partial charge in [0.15, 0.2) is 0 Å². The van der Waals surface area contributed by atoms with Crippen molar-refractivity contribution in [1.82, 2.24) is 10.6 Å². The summed E-state index contributed by atoms with van der Waals surface area (Å²) in [5.74, 6) is -2.04. The summed E-state index contributed by atoms with van der Waals surface area (Å²) >= 11 is 0. The highest BCUT2D eigenvalue weighted by Crippen LogP contribution is 2.09. The number of nitrogens with two attached hydrogens (primary N) is 1. The van der Waals surface area contributed by atoms with Crippen molar-refractivity contribution in [2.24, 2.45) is 17.6 Å². The Labute approximate surface area is 112 Å². The number of amides is 3. The Morgan fingerprint density at radius 2 is 1.63 bits per heavy atom. The number of carboxylic acid groups (broad SMARTS) is 1. The number of carbonyl (C=O) groups is 3. The van der Waals surface area contributed by atoms with Crippen molar-refractivity contribution in [3.63, 3.8) is 0 Å². The average molecular weight is 273 g/mol. The zero-order chi connectivity index (χ0) is 15.2. The van der Waals surface area contributed by atoms with Crippen LogP contribution in [0, 0.1) is 11.8 Å². The van der Waals surface area contributed by atoms with E-state index in [0.29, 0.717) is 6.42 Å². The summed E-state index contributed by atoms with van der Waals surface area (Å²) in [5.41, 5.74) is 5.03. The molecule has 0 aromatic carbocycles. The Balaban J connectivity index is 4.89. The molecular weight excluding hydrogens is 250 g/mol. The van der Waals surface area contributed by atoms with Gasteiger partial charge in [-0.15, -0.1) is 0 Å². The molecule has 7 heteroatoms. The van der Waals surface area contributed by atoms with Gasteiger partial charge in [0, 0.05) is 0 Å². The third-order valence-corrected chi connectivity index (χ3v) is 3.02. The second kappa shape index (κ2) is 7.60. The number of carbonyl (C=O) groups excluding carboxylic acids is 2. The molecule has 0 aromatic rings. The second-order valence-electron chi connectivity index (χ2n) is 4.94. The van der Waals surface area contributed by atoms with E-state index < -0.39 is 30.0 Å². The van der Waals surface area contributed by atoms with Crippen LogP contribution in [0.4, 0.5) is 4.79 Å². The monoisotopic (exact) mass is 273 g/mol. The maximum atomic E-state index is 12.1. The van der Waals surface area contributed by atoms with Crippen LogP contribution in [0.5, 0.6) is 0 Å². The number of nitrogens with one attached hydrogen (secondary N) is 2. The first-order valence-corrected chi connectivity index (χ1v) is 6.29. The molecule has 0 spiro atoms. The summed E-state index contributed by atoms with van der Waals surface area (Å²) in [6.07, 6.45) is 0.651. The topological polar surface area (TPSA) is 122 Å². The molecule has 0 saturated carbocycles. The van der Waals surface area contributed by atoms with Gasteiger partial charge in [-0.2, -0.15) is 0 Å². The van der Waals surface area contributed by atoms with E-state index in [1.807, 2.05) is 6.92 Å². The summed E-state index contributed by atoms with van der Waals surface area (Å²) in [6.45, 7) is 7.04. The zero-order valence-electron chi connectivity index (χ0n) is 11.8. The van der Waals surface area contributed by atoms with Crippen molar-refractivity contribution >= 4 is 17.9 Å². The number of aliphatic carboxylic acids is 1. The highest BCUT2D eigenvalue weighted by molar-refractivity contribution is 5.90. The number of hydrogen-bond acceptors (Lipinski definition) is 3. The van der Waals surface area contributed by atoms with Gasteiger partial charge in [-0.1, -0.05) is 34.1 Å². The quantitative estimate of drug-likeness (QED) is 0.532. The van der Waals surface area contributed by atoms with E-state index in [0.717, 1.165) is 0 Å². The van der Waals surface area contributed by atoms with Crippen LogP contribution in [0.25, 0.3) is 0 Å². The molecule has 0 heterocycles. The fraction of sp³-hybridized carbons (Fsp3) is 0.750. The molecule has 0 aliphatic heterocycles. The lowest BCUT2D eigenvalue weighted by Crippen LogP contribution is -2.56. The van der Waals surface area contributed by atoms with Gasteiger partial charge in [0.05, 0.1) is 0 Å².